The molecule has 0 saturated carbocycles. The van der Waals surface area contributed by atoms with E-state index in [2.05, 4.69) is 11.1 Å². The Labute approximate surface area is 177 Å². The number of fused-ring (bicyclic) bond motifs is 1. The minimum Gasteiger partial charge on any atom is -0.493 e. The number of furan rings is 1. The fraction of sp³-hybridized carbons (Fsp3) is 0.130. The fourth-order valence-electron chi connectivity index (χ4n) is 3.11. The minimum atomic E-state index is 0.427. The molecule has 30 heavy (non-hydrogen) atoms. The minimum absolute atomic E-state index is 0.427. The van der Waals surface area contributed by atoms with Crippen LogP contribution in [0.15, 0.2) is 52.3 Å². The van der Waals surface area contributed by atoms with Gasteiger partial charge in [0.1, 0.15) is 22.4 Å². The van der Waals surface area contributed by atoms with Crippen LogP contribution in [-0.4, -0.2) is 26.3 Å². The number of ether oxygens (including phenoxy) is 3. The molecule has 0 amide bonds. The van der Waals surface area contributed by atoms with Crippen molar-refractivity contribution in [2.75, 3.05) is 21.3 Å². The lowest BCUT2D eigenvalue weighted by Crippen LogP contribution is -1.95. The summed E-state index contributed by atoms with van der Waals surface area (Å²) in [4.78, 5) is 4.61. The predicted molar refractivity (Wildman–Crippen MR) is 117 cm³/mol. The highest BCUT2D eigenvalue weighted by Crippen LogP contribution is 2.39. The summed E-state index contributed by atoms with van der Waals surface area (Å²) in [5.74, 6) is 2.20. The Balaban J connectivity index is 1.71. The van der Waals surface area contributed by atoms with Gasteiger partial charge in [-0.3, -0.25) is 0 Å². The number of hydrogen-bond donors (Lipinski definition) is 0. The quantitative estimate of drug-likeness (QED) is 0.377. The maximum atomic E-state index is 9.73. The molecule has 4 rings (SSSR count). The Bertz CT molecular complexity index is 1220. The van der Waals surface area contributed by atoms with Crippen LogP contribution in [0.5, 0.6) is 17.2 Å². The molecule has 0 atom stereocenters. The van der Waals surface area contributed by atoms with Gasteiger partial charge in [0.15, 0.2) is 17.3 Å². The van der Waals surface area contributed by atoms with Crippen LogP contribution in [0.25, 0.3) is 34.1 Å². The normalized spacial score (nSPS) is 11.3. The largest absolute Gasteiger partial charge is 0.493 e. The predicted octanol–water partition coefficient (Wildman–Crippen LogP) is 5.65. The molecule has 6 nitrogen and oxygen atoms in total. The highest BCUT2D eigenvalue weighted by atomic mass is 32.1. The second kappa shape index (κ2) is 8.31. The number of hydrogen-bond acceptors (Lipinski definition) is 7. The number of methoxy groups -OCH3 is 3. The summed E-state index contributed by atoms with van der Waals surface area (Å²) in [5, 5.41) is 13.2. The van der Waals surface area contributed by atoms with Crippen LogP contribution in [0, 0.1) is 11.3 Å². The molecule has 150 valence electrons. The van der Waals surface area contributed by atoms with Crippen molar-refractivity contribution in [2.45, 2.75) is 0 Å². The molecule has 0 fully saturated rings. The van der Waals surface area contributed by atoms with Crippen molar-refractivity contribution in [3.05, 3.63) is 58.4 Å². The molecule has 0 bridgehead atoms. The second-order valence-electron chi connectivity index (χ2n) is 6.31. The number of rotatable bonds is 6. The number of thiazole rings is 1. The van der Waals surface area contributed by atoms with Gasteiger partial charge < -0.3 is 18.6 Å². The van der Waals surface area contributed by atoms with Gasteiger partial charge in [-0.1, -0.05) is 18.2 Å². The van der Waals surface area contributed by atoms with E-state index < -0.39 is 0 Å². The van der Waals surface area contributed by atoms with Crippen LogP contribution in [-0.2, 0) is 0 Å². The van der Waals surface area contributed by atoms with Crippen LogP contribution in [0.3, 0.4) is 0 Å². The van der Waals surface area contributed by atoms with E-state index in [-0.39, 0.29) is 0 Å². The van der Waals surface area contributed by atoms with E-state index in [4.69, 9.17) is 18.6 Å². The zero-order valence-electron chi connectivity index (χ0n) is 16.6. The number of allylic oxidation sites excluding steroid dienone is 1. The standard InChI is InChI=1S/C23H18N2O4S/c1-26-20-9-14(10-21(27-2)22(20)28-3)8-16(12-24)23-25-17(13-30-23)19-11-15-6-4-5-7-18(15)29-19/h4-11,13H,1-3H3/b16-8+. The van der Waals surface area contributed by atoms with Crippen LogP contribution in [0.4, 0.5) is 0 Å². The van der Waals surface area contributed by atoms with Crippen LogP contribution >= 0.6 is 11.3 Å². The number of benzene rings is 2. The van der Waals surface area contributed by atoms with Gasteiger partial charge in [-0.05, 0) is 35.9 Å². The molecule has 0 radical (unpaired) electrons. The van der Waals surface area contributed by atoms with Gasteiger partial charge in [0.25, 0.3) is 0 Å². The van der Waals surface area contributed by atoms with E-state index in [1.54, 1.807) is 39.5 Å². The average Bonchev–Trinajstić information content (AvgIpc) is 3.43. The van der Waals surface area contributed by atoms with E-state index in [0.717, 1.165) is 16.5 Å². The van der Waals surface area contributed by atoms with Crippen molar-refractivity contribution in [2.24, 2.45) is 0 Å². The van der Waals surface area contributed by atoms with Gasteiger partial charge in [0, 0.05) is 10.8 Å². The first-order chi connectivity index (χ1) is 14.7. The third-order valence-electron chi connectivity index (χ3n) is 4.53. The Morgan fingerprint density at radius 3 is 2.43 bits per heavy atom. The molecule has 2 aromatic heterocycles. The first-order valence-corrected chi connectivity index (χ1v) is 9.91. The smallest absolute Gasteiger partial charge is 0.203 e. The van der Waals surface area contributed by atoms with Crippen molar-refractivity contribution in [3.8, 4) is 34.8 Å². The van der Waals surface area contributed by atoms with Gasteiger partial charge >= 0.3 is 0 Å². The van der Waals surface area contributed by atoms with Gasteiger partial charge in [-0.25, -0.2) is 4.98 Å². The summed E-state index contributed by atoms with van der Waals surface area (Å²) >= 11 is 1.38. The first-order valence-electron chi connectivity index (χ1n) is 9.03. The Morgan fingerprint density at radius 1 is 1.07 bits per heavy atom. The van der Waals surface area contributed by atoms with E-state index in [0.29, 0.717) is 39.3 Å². The summed E-state index contributed by atoms with van der Waals surface area (Å²) in [5.41, 5.74) is 2.66. The highest BCUT2D eigenvalue weighted by molar-refractivity contribution is 7.11. The zero-order chi connectivity index (χ0) is 21.1. The van der Waals surface area contributed by atoms with Crippen LogP contribution in [0.1, 0.15) is 10.6 Å². The number of aromatic nitrogens is 1. The summed E-state index contributed by atoms with van der Waals surface area (Å²) < 4.78 is 22.0. The molecular formula is C23H18N2O4S. The lowest BCUT2D eigenvalue weighted by Gasteiger charge is -2.13. The molecule has 0 unspecified atom stereocenters. The van der Waals surface area contributed by atoms with Crippen LogP contribution < -0.4 is 14.2 Å². The van der Waals surface area contributed by atoms with E-state index >= 15 is 0 Å². The SMILES string of the molecule is COc1cc(/C=C(\C#N)c2nc(-c3cc4ccccc4o3)cs2)cc(OC)c1OC. The van der Waals surface area contributed by atoms with Crippen molar-refractivity contribution in [1.29, 1.82) is 5.26 Å². The number of para-hydroxylation sites is 1. The van der Waals surface area contributed by atoms with Crippen molar-refractivity contribution in [1.82, 2.24) is 4.98 Å². The molecule has 0 N–H and O–H groups in total. The second-order valence-corrected chi connectivity index (χ2v) is 7.17. The van der Waals surface area contributed by atoms with Crippen LogP contribution in [0.2, 0.25) is 0 Å². The molecule has 0 spiro atoms. The lowest BCUT2D eigenvalue weighted by molar-refractivity contribution is 0.324. The molecular weight excluding hydrogens is 400 g/mol. The molecule has 0 saturated heterocycles. The van der Waals surface area contributed by atoms with E-state index in [1.807, 2.05) is 35.7 Å². The molecule has 4 aromatic rings. The van der Waals surface area contributed by atoms with Gasteiger partial charge in [-0.2, -0.15) is 5.26 Å². The molecule has 0 aliphatic carbocycles. The third kappa shape index (κ3) is 3.61. The zero-order valence-corrected chi connectivity index (χ0v) is 17.4. The fourth-order valence-corrected chi connectivity index (χ4v) is 3.89. The summed E-state index contributed by atoms with van der Waals surface area (Å²) in [6.07, 6.45) is 1.74. The Kier molecular flexibility index (Phi) is 5.42. The van der Waals surface area contributed by atoms with Crippen molar-refractivity contribution < 1.29 is 18.6 Å². The Hall–Kier alpha value is -3.76. The Morgan fingerprint density at radius 2 is 1.80 bits per heavy atom. The molecule has 2 heterocycles. The van der Waals surface area contributed by atoms with Gasteiger partial charge in [0.05, 0.1) is 26.9 Å². The van der Waals surface area contributed by atoms with E-state index in [1.165, 1.54) is 11.3 Å². The monoisotopic (exact) mass is 418 g/mol. The first kappa shape index (κ1) is 19.6. The maximum absolute atomic E-state index is 9.73. The molecule has 0 aliphatic heterocycles. The molecule has 0 aliphatic rings. The third-order valence-corrected chi connectivity index (χ3v) is 5.41. The number of nitriles is 1. The molecule has 2 aromatic carbocycles. The summed E-state index contributed by atoms with van der Waals surface area (Å²) in [6, 6.07) is 15.5. The van der Waals surface area contributed by atoms with Crippen molar-refractivity contribution in [3.63, 3.8) is 0 Å². The highest BCUT2D eigenvalue weighted by Gasteiger charge is 2.15. The maximum Gasteiger partial charge on any atom is 0.203 e. The molecule has 7 heteroatoms. The summed E-state index contributed by atoms with van der Waals surface area (Å²) in [6.45, 7) is 0. The lowest BCUT2D eigenvalue weighted by atomic mass is 10.1. The van der Waals surface area contributed by atoms with Gasteiger partial charge in [-0.15, -0.1) is 11.3 Å². The summed E-state index contributed by atoms with van der Waals surface area (Å²) in [7, 11) is 4.65. The van der Waals surface area contributed by atoms with Gasteiger partial charge in [0.2, 0.25) is 5.75 Å². The average molecular weight is 418 g/mol. The van der Waals surface area contributed by atoms with Crippen molar-refractivity contribution >= 4 is 34.0 Å². The topological polar surface area (TPSA) is 77.5 Å². The van der Waals surface area contributed by atoms with E-state index in [9.17, 15) is 5.26 Å². The number of nitrogens with zero attached hydrogens (tertiary/aromatic N) is 2.